The van der Waals surface area contributed by atoms with Gasteiger partial charge in [-0.1, -0.05) is 42.8 Å². The van der Waals surface area contributed by atoms with Crippen molar-refractivity contribution >= 4 is 45.5 Å². The van der Waals surface area contributed by atoms with E-state index in [0.29, 0.717) is 31.5 Å². The minimum Gasteiger partial charge on any atom is -0.480 e. The minimum atomic E-state index is -1.30. The van der Waals surface area contributed by atoms with Crippen molar-refractivity contribution in [2.24, 2.45) is 11.5 Å². The predicted octanol–water partition coefficient (Wildman–Crippen LogP) is 1.40. The third-order valence-electron chi connectivity index (χ3n) is 8.36. The average molecular weight is 656 g/mol. The molecule has 0 bridgehead atoms. The molecule has 0 aliphatic rings. The van der Waals surface area contributed by atoms with Crippen LogP contribution < -0.4 is 27.4 Å². The third-order valence-corrected chi connectivity index (χ3v) is 8.36. The van der Waals surface area contributed by atoms with E-state index in [2.05, 4.69) is 35.9 Å². The number of carbonyl (C=O) groups is 4. The van der Waals surface area contributed by atoms with E-state index in [9.17, 15) is 24.3 Å². The second kappa shape index (κ2) is 15.9. The first-order chi connectivity index (χ1) is 23.2. The Morgan fingerprint density at radius 1 is 0.729 bits per heavy atom. The van der Waals surface area contributed by atoms with E-state index >= 15 is 0 Å². The van der Waals surface area contributed by atoms with Crippen LogP contribution in [0.25, 0.3) is 21.8 Å². The molecule has 5 rings (SSSR count). The summed E-state index contributed by atoms with van der Waals surface area (Å²) in [6, 6.07) is 10.7. The van der Waals surface area contributed by atoms with Crippen LogP contribution in [0.2, 0.25) is 0 Å². The van der Waals surface area contributed by atoms with Gasteiger partial charge in [0.05, 0.1) is 12.4 Å². The molecule has 48 heavy (non-hydrogen) atoms. The number of nitrogens with two attached hydrogens (primary N) is 2. The molecule has 11 N–H and O–H groups in total. The highest BCUT2D eigenvalue weighted by Crippen LogP contribution is 2.21. The molecule has 252 valence electrons. The van der Waals surface area contributed by atoms with Crippen LogP contribution >= 0.6 is 0 Å². The van der Waals surface area contributed by atoms with Gasteiger partial charge in [-0.15, -0.1) is 0 Å². The summed E-state index contributed by atoms with van der Waals surface area (Å²) in [6.07, 6.45) is 8.29. The van der Waals surface area contributed by atoms with Crippen LogP contribution in [-0.2, 0) is 38.4 Å². The lowest BCUT2D eigenvalue weighted by Gasteiger charge is -2.25. The predicted molar refractivity (Wildman–Crippen MR) is 181 cm³/mol. The van der Waals surface area contributed by atoms with Gasteiger partial charge in [-0.2, -0.15) is 0 Å². The maximum Gasteiger partial charge on any atom is 0.326 e. The lowest BCUT2D eigenvalue weighted by Crippen LogP contribution is -2.58. The van der Waals surface area contributed by atoms with Gasteiger partial charge in [0.2, 0.25) is 17.7 Å². The zero-order valence-corrected chi connectivity index (χ0v) is 26.4. The number of aromatic amines is 3. The number of hydrogen-bond donors (Lipinski definition) is 9. The van der Waals surface area contributed by atoms with E-state index in [-0.39, 0.29) is 19.3 Å². The first-order valence-corrected chi connectivity index (χ1v) is 15.9. The number of unbranched alkanes of at least 4 members (excludes halogenated alkanes) is 1. The Bertz CT molecular complexity index is 1850. The van der Waals surface area contributed by atoms with E-state index in [4.69, 9.17) is 11.5 Å². The van der Waals surface area contributed by atoms with Crippen LogP contribution in [0, 0.1) is 0 Å². The second-order valence-corrected chi connectivity index (χ2v) is 11.8. The Balaban J connectivity index is 1.41. The number of para-hydroxylation sites is 2. The van der Waals surface area contributed by atoms with Gasteiger partial charge >= 0.3 is 5.97 Å². The summed E-state index contributed by atoms with van der Waals surface area (Å²) in [5, 5.41) is 19.9. The molecule has 3 amide bonds. The Kier molecular flexibility index (Phi) is 11.2. The zero-order chi connectivity index (χ0) is 34.0. The molecular formula is C34H41N9O5. The number of aliphatic carboxylic acids is 1. The number of imidazole rings is 1. The molecular weight excluding hydrogens is 614 g/mol. The molecule has 14 nitrogen and oxygen atoms in total. The first kappa shape index (κ1) is 33.9. The van der Waals surface area contributed by atoms with Gasteiger partial charge in [0.1, 0.15) is 18.1 Å². The van der Waals surface area contributed by atoms with Crippen LogP contribution in [0.5, 0.6) is 0 Å². The molecule has 5 aromatic rings. The number of carboxylic acids is 1. The van der Waals surface area contributed by atoms with Crippen molar-refractivity contribution in [3.63, 3.8) is 0 Å². The standard InChI is InChI=1S/C34H41N9O5/c35-12-6-5-9-25(36)31(44)41-28(13-20-16-38-26-10-3-1-7-23(20)26)32(45)42-29(14-21-17-39-27-11-4-2-8-24(21)27)33(46)43-30(34(47)48)15-22-18-37-19-40-22/h1-4,7-8,10-11,16-19,25,28-30,38-39H,5-6,9,12-15,35-36H2,(H,37,40)(H,41,44)(H,42,45)(H,43,46)(H,47,48). The molecule has 0 aliphatic carbocycles. The van der Waals surface area contributed by atoms with Crippen LogP contribution in [0.4, 0.5) is 0 Å². The quantitative estimate of drug-likeness (QED) is 0.0662. The number of H-pyrrole nitrogens is 3. The van der Waals surface area contributed by atoms with Crippen LogP contribution in [0.1, 0.15) is 36.1 Å². The molecule has 4 atom stereocenters. The van der Waals surface area contributed by atoms with Gasteiger partial charge in [-0.25, -0.2) is 9.78 Å². The molecule has 3 heterocycles. The fraction of sp³-hybridized carbons (Fsp3) is 0.324. The Labute approximate surface area is 276 Å². The fourth-order valence-corrected chi connectivity index (χ4v) is 5.74. The number of fused-ring (bicyclic) bond motifs is 2. The van der Waals surface area contributed by atoms with E-state index in [1.807, 2.05) is 48.5 Å². The number of amides is 3. The molecule has 3 aromatic heterocycles. The highest BCUT2D eigenvalue weighted by Gasteiger charge is 2.32. The lowest BCUT2D eigenvalue weighted by atomic mass is 10.0. The Morgan fingerprint density at radius 3 is 1.79 bits per heavy atom. The van der Waals surface area contributed by atoms with Gasteiger partial charge in [0.15, 0.2) is 0 Å². The number of benzene rings is 2. The number of carbonyl (C=O) groups excluding carboxylic acids is 3. The molecule has 4 unspecified atom stereocenters. The summed E-state index contributed by atoms with van der Waals surface area (Å²) in [7, 11) is 0. The van der Waals surface area contributed by atoms with E-state index in [0.717, 1.165) is 32.9 Å². The smallest absolute Gasteiger partial charge is 0.326 e. The number of nitrogens with zero attached hydrogens (tertiary/aromatic N) is 1. The number of nitrogens with one attached hydrogen (secondary N) is 6. The summed E-state index contributed by atoms with van der Waals surface area (Å²) < 4.78 is 0. The second-order valence-electron chi connectivity index (χ2n) is 11.8. The number of aromatic nitrogens is 4. The SMILES string of the molecule is NCCCCC(N)C(=O)NC(Cc1c[nH]c2ccccc12)C(=O)NC(Cc1c[nH]c2ccccc12)C(=O)NC(Cc1cnc[nH]1)C(=O)O. The van der Waals surface area contributed by atoms with Crippen molar-refractivity contribution in [2.45, 2.75) is 62.7 Å². The largest absolute Gasteiger partial charge is 0.480 e. The first-order valence-electron chi connectivity index (χ1n) is 15.9. The fourth-order valence-electron chi connectivity index (χ4n) is 5.74. The summed E-state index contributed by atoms with van der Waals surface area (Å²) in [5.41, 5.74) is 15.5. The molecule has 2 aromatic carbocycles. The summed E-state index contributed by atoms with van der Waals surface area (Å²) in [4.78, 5) is 66.4. The molecule has 0 aliphatic heterocycles. The van der Waals surface area contributed by atoms with E-state index in [1.165, 1.54) is 12.5 Å². The van der Waals surface area contributed by atoms with Crippen molar-refractivity contribution in [1.82, 2.24) is 35.9 Å². The third kappa shape index (κ3) is 8.46. The van der Waals surface area contributed by atoms with Gasteiger partial charge in [-0.3, -0.25) is 14.4 Å². The maximum atomic E-state index is 14.1. The topological polar surface area (TPSA) is 237 Å². The van der Waals surface area contributed by atoms with Crippen LogP contribution in [0.15, 0.2) is 73.4 Å². The monoisotopic (exact) mass is 655 g/mol. The van der Waals surface area contributed by atoms with Gasteiger partial charge in [0.25, 0.3) is 0 Å². The molecule has 14 heteroatoms. The maximum absolute atomic E-state index is 14.1. The number of rotatable bonds is 17. The van der Waals surface area contributed by atoms with Gasteiger partial charge in [0, 0.05) is 65.4 Å². The van der Waals surface area contributed by atoms with Crippen LogP contribution in [-0.4, -0.2) is 79.4 Å². The van der Waals surface area contributed by atoms with Crippen molar-refractivity contribution in [3.8, 4) is 0 Å². The average Bonchev–Trinajstić information content (AvgIpc) is 3.85. The summed E-state index contributed by atoms with van der Waals surface area (Å²) in [6.45, 7) is 0.477. The summed E-state index contributed by atoms with van der Waals surface area (Å²) in [5.74, 6) is -3.07. The zero-order valence-electron chi connectivity index (χ0n) is 26.4. The molecule has 0 saturated carbocycles. The number of hydrogen-bond acceptors (Lipinski definition) is 7. The van der Waals surface area contributed by atoms with Gasteiger partial charge in [-0.05, 0) is 42.6 Å². The Hall–Kier alpha value is -5.47. The van der Waals surface area contributed by atoms with Gasteiger partial charge < -0.3 is 47.5 Å². The van der Waals surface area contributed by atoms with Crippen molar-refractivity contribution in [1.29, 1.82) is 0 Å². The lowest BCUT2D eigenvalue weighted by molar-refractivity contribution is -0.142. The highest BCUT2D eigenvalue weighted by atomic mass is 16.4. The van der Waals surface area contributed by atoms with Crippen LogP contribution in [0.3, 0.4) is 0 Å². The van der Waals surface area contributed by atoms with Crippen molar-refractivity contribution in [3.05, 3.63) is 90.3 Å². The van der Waals surface area contributed by atoms with Crippen molar-refractivity contribution < 1.29 is 24.3 Å². The van der Waals surface area contributed by atoms with E-state index in [1.54, 1.807) is 12.4 Å². The molecule has 0 radical (unpaired) electrons. The molecule has 0 saturated heterocycles. The molecule has 0 spiro atoms. The Morgan fingerprint density at radius 2 is 1.27 bits per heavy atom. The summed E-state index contributed by atoms with van der Waals surface area (Å²) >= 11 is 0. The highest BCUT2D eigenvalue weighted by molar-refractivity contribution is 5.95. The normalized spacial score (nSPS) is 13.9. The number of carboxylic acid groups (broad SMARTS) is 1. The van der Waals surface area contributed by atoms with Crippen molar-refractivity contribution in [2.75, 3.05) is 6.54 Å². The minimum absolute atomic E-state index is 0.0455. The molecule has 0 fully saturated rings. The van der Waals surface area contributed by atoms with E-state index < -0.39 is 47.9 Å².